The smallest absolute Gasteiger partial charge is 0.170 e. The summed E-state index contributed by atoms with van der Waals surface area (Å²) < 4.78 is 13.4. The van der Waals surface area contributed by atoms with Crippen molar-refractivity contribution in [2.24, 2.45) is 22.2 Å². The lowest BCUT2D eigenvalue weighted by Crippen LogP contribution is -2.19. The number of amidine groups is 1. The first-order chi connectivity index (χ1) is 8.92. The second kappa shape index (κ2) is 5.17. The van der Waals surface area contributed by atoms with Gasteiger partial charge < -0.3 is 16.3 Å². The molecule has 1 aromatic rings. The number of hydrogen-bond acceptors (Lipinski definition) is 3. The number of oxime groups is 1. The molecule has 1 atom stereocenters. The SMILES string of the molecule is CC1(C)CC1CNCc1cc(F)cc(/C(N)=N/O)c1. The first-order valence-electron chi connectivity index (χ1n) is 6.40. The van der Waals surface area contributed by atoms with Crippen molar-refractivity contribution in [2.75, 3.05) is 6.54 Å². The molecule has 1 aliphatic rings. The van der Waals surface area contributed by atoms with E-state index in [1.807, 2.05) is 0 Å². The molecule has 2 rings (SSSR count). The molecule has 1 aromatic carbocycles. The topological polar surface area (TPSA) is 70.6 Å². The third-order valence-corrected chi connectivity index (χ3v) is 3.80. The Morgan fingerprint density at radius 1 is 1.53 bits per heavy atom. The average Bonchev–Trinajstić information content (AvgIpc) is 2.95. The van der Waals surface area contributed by atoms with Gasteiger partial charge in [0, 0.05) is 12.1 Å². The van der Waals surface area contributed by atoms with Gasteiger partial charge in [0.1, 0.15) is 5.82 Å². The summed E-state index contributed by atoms with van der Waals surface area (Å²) in [5, 5.41) is 14.8. The molecule has 0 bridgehead atoms. The average molecular weight is 265 g/mol. The fraction of sp³-hybridized carbons (Fsp3) is 0.500. The number of halogens is 1. The van der Waals surface area contributed by atoms with Crippen LogP contribution in [0.25, 0.3) is 0 Å². The van der Waals surface area contributed by atoms with Gasteiger partial charge in [0.05, 0.1) is 0 Å². The van der Waals surface area contributed by atoms with Crippen LogP contribution in [0.2, 0.25) is 0 Å². The monoisotopic (exact) mass is 265 g/mol. The highest BCUT2D eigenvalue weighted by Gasteiger charge is 2.44. The molecule has 1 fully saturated rings. The van der Waals surface area contributed by atoms with Crippen molar-refractivity contribution >= 4 is 5.84 Å². The molecule has 1 aliphatic carbocycles. The van der Waals surface area contributed by atoms with Crippen LogP contribution in [0.1, 0.15) is 31.4 Å². The molecule has 0 saturated heterocycles. The van der Waals surface area contributed by atoms with E-state index in [2.05, 4.69) is 24.3 Å². The molecule has 104 valence electrons. The molecule has 0 aliphatic heterocycles. The van der Waals surface area contributed by atoms with Crippen LogP contribution in [0, 0.1) is 17.2 Å². The predicted molar refractivity (Wildman–Crippen MR) is 72.5 cm³/mol. The van der Waals surface area contributed by atoms with Crippen LogP contribution >= 0.6 is 0 Å². The van der Waals surface area contributed by atoms with E-state index in [-0.39, 0.29) is 11.7 Å². The summed E-state index contributed by atoms with van der Waals surface area (Å²) in [6, 6.07) is 4.44. The van der Waals surface area contributed by atoms with Crippen LogP contribution in [0.3, 0.4) is 0 Å². The number of rotatable bonds is 5. The quantitative estimate of drug-likeness (QED) is 0.330. The molecule has 19 heavy (non-hydrogen) atoms. The van der Waals surface area contributed by atoms with E-state index in [0.29, 0.717) is 23.4 Å². The molecule has 0 amide bonds. The number of nitrogens with two attached hydrogens (primary N) is 1. The lowest BCUT2D eigenvalue weighted by Gasteiger charge is -2.08. The Kier molecular flexibility index (Phi) is 3.75. The van der Waals surface area contributed by atoms with E-state index >= 15 is 0 Å². The van der Waals surface area contributed by atoms with E-state index < -0.39 is 0 Å². The fourth-order valence-electron chi connectivity index (χ4n) is 2.27. The minimum atomic E-state index is -0.382. The van der Waals surface area contributed by atoms with Gasteiger partial charge in [0.25, 0.3) is 0 Å². The van der Waals surface area contributed by atoms with Gasteiger partial charge in [-0.3, -0.25) is 0 Å². The minimum absolute atomic E-state index is 0.0796. The summed E-state index contributed by atoms with van der Waals surface area (Å²) in [6.45, 7) is 6.01. The van der Waals surface area contributed by atoms with Crippen molar-refractivity contribution in [1.82, 2.24) is 5.32 Å². The molecule has 0 heterocycles. The Hall–Kier alpha value is -1.62. The lowest BCUT2D eigenvalue weighted by atomic mass is 10.1. The largest absolute Gasteiger partial charge is 0.409 e. The lowest BCUT2D eigenvalue weighted by molar-refractivity contribution is 0.318. The van der Waals surface area contributed by atoms with Gasteiger partial charge in [-0.15, -0.1) is 0 Å². The van der Waals surface area contributed by atoms with Crippen molar-refractivity contribution in [1.29, 1.82) is 0 Å². The second-order valence-electron chi connectivity index (χ2n) is 5.85. The zero-order valence-electron chi connectivity index (χ0n) is 11.3. The standard InChI is InChI=1S/C14H20FN3O/c1-14(2)6-11(14)8-17-7-9-3-10(13(16)18-19)5-12(15)4-9/h3-5,11,17,19H,6-8H2,1-2H3,(H2,16,18). The third kappa shape index (κ3) is 3.44. The maximum absolute atomic E-state index is 13.4. The van der Waals surface area contributed by atoms with Gasteiger partial charge in [0.15, 0.2) is 5.84 Å². The number of nitrogens with one attached hydrogen (secondary N) is 1. The molecule has 0 radical (unpaired) electrons. The van der Waals surface area contributed by atoms with E-state index in [0.717, 1.165) is 12.1 Å². The normalized spacial score (nSPS) is 21.4. The van der Waals surface area contributed by atoms with Crippen LogP contribution in [0.15, 0.2) is 23.4 Å². The summed E-state index contributed by atoms with van der Waals surface area (Å²) in [4.78, 5) is 0. The first-order valence-corrected chi connectivity index (χ1v) is 6.40. The Morgan fingerprint density at radius 3 is 2.79 bits per heavy atom. The Morgan fingerprint density at radius 2 is 2.21 bits per heavy atom. The molecule has 0 aromatic heterocycles. The maximum Gasteiger partial charge on any atom is 0.170 e. The van der Waals surface area contributed by atoms with Crippen molar-refractivity contribution < 1.29 is 9.60 Å². The van der Waals surface area contributed by atoms with Crippen molar-refractivity contribution in [2.45, 2.75) is 26.8 Å². The summed E-state index contributed by atoms with van der Waals surface area (Å²) in [7, 11) is 0. The van der Waals surface area contributed by atoms with E-state index in [1.54, 1.807) is 6.07 Å². The van der Waals surface area contributed by atoms with Crippen LogP contribution in [0.4, 0.5) is 4.39 Å². The van der Waals surface area contributed by atoms with Crippen molar-refractivity contribution in [3.63, 3.8) is 0 Å². The highest BCUT2D eigenvalue weighted by atomic mass is 19.1. The molecule has 1 unspecified atom stereocenters. The fourth-order valence-corrected chi connectivity index (χ4v) is 2.27. The summed E-state index contributed by atoms with van der Waals surface area (Å²) in [6.07, 6.45) is 1.23. The molecule has 5 heteroatoms. The molecule has 1 saturated carbocycles. The van der Waals surface area contributed by atoms with Gasteiger partial charge in [-0.05, 0) is 48.1 Å². The molecule has 4 nitrogen and oxygen atoms in total. The molecule has 0 spiro atoms. The highest BCUT2D eigenvalue weighted by Crippen LogP contribution is 2.50. The van der Waals surface area contributed by atoms with Crippen molar-refractivity contribution in [3.8, 4) is 0 Å². The van der Waals surface area contributed by atoms with Crippen molar-refractivity contribution in [3.05, 3.63) is 35.1 Å². The number of benzene rings is 1. The second-order valence-corrected chi connectivity index (χ2v) is 5.85. The van der Waals surface area contributed by atoms with Gasteiger partial charge in [-0.2, -0.15) is 0 Å². The zero-order valence-corrected chi connectivity index (χ0v) is 11.3. The van der Waals surface area contributed by atoms with Gasteiger partial charge >= 0.3 is 0 Å². The summed E-state index contributed by atoms with van der Waals surface area (Å²) in [5.74, 6) is 0.237. The van der Waals surface area contributed by atoms with Crippen LogP contribution in [-0.2, 0) is 6.54 Å². The third-order valence-electron chi connectivity index (χ3n) is 3.80. The summed E-state index contributed by atoms with van der Waals surface area (Å²) >= 11 is 0. The van der Waals surface area contributed by atoms with Crippen LogP contribution < -0.4 is 11.1 Å². The highest BCUT2D eigenvalue weighted by molar-refractivity contribution is 5.97. The Balaban J connectivity index is 1.95. The van der Waals surface area contributed by atoms with Crippen LogP contribution in [-0.4, -0.2) is 17.6 Å². The minimum Gasteiger partial charge on any atom is -0.409 e. The van der Waals surface area contributed by atoms with Gasteiger partial charge in [-0.25, -0.2) is 4.39 Å². The Bertz CT molecular complexity index is 499. The maximum atomic E-state index is 13.4. The Labute approximate surface area is 112 Å². The number of nitrogens with zero attached hydrogens (tertiary/aromatic N) is 1. The van der Waals surface area contributed by atoms with E-state index in [4.69, 9.17) is 10.9 Å². The predicted octanol–water partition coefficient (Wildman–Crippen LogP) is 2.06. The van der Waals surface area contributed by atoms with Crippen LogP contribution in [0.5, 0.6) is 0 Å². The molecule has 4 N–H and O–H groups in total. The molecular formula is C14H20FN3O. The number of hydrogen-bond donors (Lipinski definition) is 3. The molecular weight excluding hydrogens is 245 g/mol. The van der Waals surface area contributed by atoms with Gasteiger partial charge in [-0.1, -0.05) is 19.0 Å². The van der Waals surface area contributed by atoms with E-state index in [1.165, 1.54) is 18.6 Å². The van der Waals surface area contributed by atoms with E-state index in [9.17, 15) is 4.39 Å². The zero-order chi connectivity index (χ0) is 14.0. The van der Waals surface area contributed by atoms with Gasteiger partial charge in [0.2, 0.25) is 0 Å². The first kappa shape index (κ1) is 13.8. The summed E-state index contributed by atoms with van der Waals surface area (Å²) in [5.41, 5.74) is 7.09.